The summed E-state index contributed by atoms with van der Waals surface area (Å²) in [6, 6.07) is 29.1. The van der Waals surface area contributed by atoms with Gasteiger partial charge in [-0.3, -0.25) is 4.79 Å². The van der Waals surface area contributed by atoms with Crippen LogP contribution in [0.1, 0.15) is 43.4 Å². The van der Waals surface area contributed by atoms with Crippen LogP contribution in [0.15, 0.2) is 91.0 Å². The maximum absolute atomic E-state index is 13.4. The highest BCUT2D eigenvalue weighted by Crippen LogP contribution is 2.45. The zero-order valence-electron chi connectivity index (χ0n) is 19.4. The first-order valence-electron chi connectivity index (χ1n) is 11.9. The van der Waals surface area contributed by atoms with Gasteiger partial charge in [0.25, 0.3) is 5.91 Å². The second kappa shape index (κ2) is 8.90. The molecule has 0 N–H and O–H groups in total. The highest BCUT2D eigenvalue weighted by molar-refractivity contribution is 6.20. The van der Waals surface area contributed by atoms with Crippen LogP contribution in [0, 0.1) is 5.92 Å². The minimum atomic E-state index is -0.00828. The Kier molecular flexibility index (Phi) is 5.80. The normalized spacial score (nSPS) is 24.7. The lowest BCUT2D eigenvalue weighted by atomic mass is 9.65. The van der Waals surface area contributed by atoms with Gasteiger partial charge in [0.1, 0.15) is 12.4 Å². The van der Waals surface area contributed by atoms with E-state index in [1.807, 2.05) is 54.6 Å². The second-order valence-electron chi connectivity index (χ2n) is 9.66. The number of fused-ring (bicyclic) bond motifs is 1. The lowest BCUT2D eigenvalue weighted by Gasteiger charge is -2.51. The van der Waals surface area contributed by atoms with E-state index in [-0.39, 0.29) is 17.4 Å². The quantitative estimate of drug-likeness (QED) is 0.472. The maximum atomic E-state index is 13.4. The average molecular weight is 438 g/mol. The van der Waals surface area contributed by atoms with Gasteiger partial charge in [0.15, 0.2) is 0 Å². The molecule has 168 valence electrons. The van der Waals surface area contributed by atoms with Gasteiger partial charge in [0.05, 0.1) is 0 Å². The number of carbonyl (C=O) groups is 1. The molecule has 3 nitrogen and oxygen atoms in total. The van der Waals surface area contributed by atoms with Crippen LogP contribution in [-0.4, -0.2) is 23.4 Å². The number of nitrogens with zero attached hydrogens (tertiary/aromatic N) is 1. The first kappa shape index (κ1) is 21.5. The minimum Gasteiger partial charge on any atom is -0.489 e. The number of hydrogen-bond donors (Lipinski definition) is 0. The van der Waals surface area contributed by atoms with Crippen LogP contribution in [0.2, 0.25) is 0 Å². The third kappa shape index (κ3) is 4.20. The van der Waals surface area contributed by atoms with E-state index < -0.39 is 0 Å². The zero-order valence-corrected chi connectivity index (χ0v) is 19.4. The van der Waals surface area contributed by atoms with Gasteiger partial charge in [0, 0.05) is 18.2 Å². The van der Waals surface area contributed by atoms with E-state index in [4.69, 9.17) is 4.74 Å². The van der Waals surface area contributed by atoms with Crippen molar-refractivity contribution in [2.75, 3.05) is 6.54 Å². The summed E-state index contributed by atoms with van der Waals surface area (Å²) in [5.74, 6) is 1.42. The fourth-order valence-corrected chi connectivity index (χ4v) is 5.35. The van der Waals surface area contributed by atoms with Crippen LogP contribution in [0.4, 0.5) is 0 Å². The van der Waals surface area contributed by atoms with E-state index in [1.165, 1.54) is 5.56 Å². The molecule has 3 aromatic carbocycles. The molecule has 2 aliphatic heterocycles. The number of amides is 1. The van der Waals surface area contributed by atoms with Gasteiger partial charge in [0.2, 0.25) is 0 Å². The van der Waals surface area contributed by atoms with Crippen molar-refractivity contribution in [2.24, 2.45) is 5.92 Å². The largest absolute Gasteiger partial charge is 0.489 e. The van der Waals surface area contributed by atoms with E-state index in [0.717, 1.165) is 41.8 Å². The molecule has 2 aliphatic rings. The van der Waals surface area contributed by atoms with Crippen LogP contribution in [0.5, 0.6) is 5.75 Å². The van der Waals surface area contributed by atoms with Crippen molar-refractivity contribution in [3.8, 4) is 5.75 Å². The van der Waals surface area contributed by atoms with Crippen molar-refractivity contribution < 1.29 is 9.53 Å². The summed E-state index contributed by atoms with van der Waals surface area (Å²) in [7, 11) is 0. The van der Waals surface area contributed by atoms with E-state index in [9.17, 15) is 4.79 Å². The van der Waals surface area contributed by atoms with Crippen LogP contribution in [-0.2, 0) is 16.8 Å². The summed E-state index contributed by atoms with van der Waals surface area (Å²) in [6.07, 6.45) is 4.01. The van der Waals surface area contributed by atoms with Crippen molar-refractivity contribution >= 4 is 11.5 Å². The van der Waals surface area contributed by atoms with E-state index in [0.29, 0.717) is 12.5 Å². The van der Waals surface area contributed by atoms with Crippen molar-refractivity contribution in [3.05, 3.63) is 108 Å². The van der Waals surface area contributed by atoms with Gasteiger partial charge >= 0.3 is 0 Å². The summed E-state index contributed by atoms with van der Waals surface area (Å²) in [4.78, 5) is 15.5. The molecule has 1 saturated heterocycles. The number of piperidine rings is 1. The number of ether oxygens (including phenoxy) is 1. The van der Waals surface area contributed by atoms with E-state index >= 15 is 0 Å². The van der Waals surface area contributed by atoms with Crippen molar-refractivity contribution in [1.82, 2.24) is 4.90 Å². The Morgan fingerprint density at radius 3 is 2.45 bits per heavy atom. The zero-order chi connectivity index (χ0) is 22.8. The molecule has 1 amide bonds. The van der Waals surface area contributed by atoms with Gasteiger partial charge in [-0.25, -0.2) is 0 Å². The third-order valence-corrected chi connectivity index (χ3v) is 7.57. The lowest BCUT2D eigenvalue weighted by Crippen LogP contribution is -2.56. The molecule has 0 radical (unpaired) electrons. The number of rotatable bonds is 5. The summed E-state index contributed by atoms with van der Waals surface area (Å²) in [6.45, 7) is 5.97. The van der Waals surface area contributed by atoms with Gasteiger partial charge in [-0.05, 0) is 53.0 Å². The highest BCUT2D eigenvalue weighted by Gasteiger charge is 2.45. The Bertz CT molecular complexity index is 1150. The average Bonchev–Trinajstić information content (AvgIpc) is 2.86. The van der Waals surface area contributed by atoms with E-state index in [2.05, 4.69) is 55.2 Å². The third-order valence-electron chi connectivity index (χ3n) is 7.57. The number of carbonyl (C=O) groups excluding carboxylic acids is 1. The molecular formula is C30H31NO2. The Hall–Kier alpha value is -3.33. The molecule has 2 unspecified atom stereocenters. The molecule has 5 rings (SSSR count). The molecule has 33 heavy (non-hydrogen) atoms. The smallest absolute Gasteiger partial charge is 0.254 e. The molecule has 0 spiro atoms. The summed E-state index contributed by atoms with van der Waals surface area (Å²) in [5, 5.41) is 0. The van der Waals surface area contributed by atoms with Gasteiger partial charge < -0.3 is 9.64 Å². The lowest BCUT2D eigenvalue weighted by molar-refractivity contribution is -0.131. The fraction of sp³-hybridized carbons (Fsp3) is 0.300. The molecule has 3 atom stereocenters. The molecule has 1 fully saturated rings. The molecule has 3 heteroatoms. The Morgan fingerprint density at radius 2 is 1.70 bits per heavy atom. The standard InChI is InChI=1S/C30H31NO2/c1-22-20-31-26(16-17-28(29(31)32)24-12-7-4-8-13-24)19-30(22,2)25-14-9-15-27(18-25)33-21-23-10-5-3-6-11-23/h3-15,17-18,22,26H,16,19-21H2,1-2H3/t22?,26?,30-/m1/s1. The van der Waals surface area contributed by atoms with Crippen molar-refractivity contribution in [1.29, 1.82) is 0 Å². The molecule has 2 heterocycles. The second-order valence-corrected chi connectivity index (χ2v) is 9.66. The molecule has 0 aromatic heterocycles. The van der Waals surface area contributed by atoms with Crippen LogP contribution >= 0.6 is 0 Å². The summed E-state index contributed by atoms with van der Waals surface area (Å²) in [5.41, 5.74) is 4.32. The fourth-order valence-electron chi connectivity index (χ4n) is 5.35. The first-order chi connectivity index (χ1) is 16.0. The predicted octanol–water partition coefficient (Wildman–Crippen LogP) is 6.25. The van der Waals surface area contributed by atoms with Crippen LogP contribution in [0.3, 0.4) is 0 Å². The molecule has 0 saturated carbocycles. The van der Waals surface area contributed by atoms with E-state index in [1.54, 1.807) is 0 Å². The number of hydrogen-bond acceptors (Lipinski definition) is 2. The Morgan fingerprint density at radius 1 is 0.970 bits per heavy atom. The topological polar surface area (TPSA) is 29.5 Å². The highest BCUT2D eigenvalue weighted by atomic mass is 16.5. The van der Waals surface area contributed by atoms with Gasteiger partial charge in [-0.1, -0.05) is 92.7 Å². The molecular weight excluding hydrogens is 406 g/mol. The summed E-state index contributed by atoms with van der Waals surface area (Å²) >= 11 is 0. The predicted molar refractivity (Wildman–Crippen MR) is 133 cm³/mol. The first-order valence-corrected chi connectivity index (χ1v) is 11.9. The maximum Gasteiger partial charge on any atom is 0.254 e. The Balaban J connectivity index is 1.35. The van der Waals surface area contributed by atoms with Crippen molar-refractivity contribution in [2.45, 2.75) is 44.8 Å². The van der Waals surface area contributed by atoms with Crippen molar-refractivity contribution in [3.63, 3.8) is 0 Å². The molecule has 3 aromatic rings. The molecule has 0 bridgehead atoms. The number of benzene rings is 3. The van der Waals surface area contributed by atoms with Gasteiger partial charge in [-0.2, -0.15) is 0 Å². The van der Waals surface area contributed by atoms with Crippen LogP contribution < -0.4 is 4.74 Å². The SMILES string of the molecule is CC1CN2C(=O)C(c3ccccc3)=CCC2C[C@@]1(C)c1cccc(OCc2ccccc2)c1. The van der Waals surface area contributed by atoms with Gasteiger partial charge in [-0.15, -0.1) is 0 Å². The van der Waals surface area contributed by atoms with Crippen LogP contribution in [0.25, 0.3) is 5.57 Å². The minimum absolute atomic E-state index is 0.00828. The monoisotopic (exact) mass is 437 g/mol. The molecule has 0 aliphatic carbocycles. The Labute approximate surface area is 196 Å². The summed E-state index contributed by atoms with van der Waals surface area (Å²) < 4.78 is 6.12.